The first-order valence-electron chi connectivity index (χ1n) is 9.28. The average Bonchev–Trinajstić information content (AvgIpc) is 2.66. The lowest BCUT2D eigenvalue weighted by Gasteiger charge is -2.29. The van der Waals surface area contributed by atoms with Crippen molar-refractivity contribution in [2.75, 3.05) is 6.54 Å². The summed E-state index contributed by atoms with van der Waals surface area (Å²) >= 11 is 0. The van der Waals surface area contributed by atoms with E-state index in [2.05, 4.69) is 5.32 Å². The fraction of sp³-hybridized carbons (Fsp3) is 0.364. The molecular weight excluding hydrogens is 343 g/mol. The quantitative estimate of drug-likeness (QED) is 0.772. The van der Waals surface area contributed by atoms with Crippen LogP contribution < -0.4 is 5.32 Å². The zero-order valence-electron chi connectivity index (χ0n) is 16.2. The molecule has 0 aliphatic rings. The molecule has 2 amide bonds. The molecule has 0 aromatic heterocycles. The maximum atomic E-state index is 13.1. The third-order valence-electron chi connectivity index (χ3n) is 4.46. The Labute approximate surface area is 160 Å². The van der Waals surface area contributed by atoms with Gasteiger partial charge in [0.15, 0.2) is 0 Å². The molecule has 5 heteroatoms. The van der Waals surface area contributed by atoms with Gasteiger partial charge < -0.3 is 10.2 Å². The number of aryl methyl sites for hydroxylation is 1. The molecule has 0 spiro atoms. The Hall–Kier alpha value is -2.69. The molecule has 2 rings (SSSR count). The van der Waals surface area contributed by atoms with Crippen molar-refractivity contribution in [3.8, 4) is 0 Å². The molecular formula is C22H27FN2O2. The number of benzene rings is 2. The van der Waals surface area contributed by atoms with Gasteiger partial charge in [-0.1, -0.05) is 48.9 Å². The molecule has 0 bridgehead atoms. The van der Waals surface area contributed by atoms with E-state index in [0.717, 1.165) is 23.1 Å². The molecule has 1 atom stereocenters. The molecule has 0 fully saturated rings. The van der Waals surface area contributed by atoms with Crippen molar-refractivity contribution in [3.63, 3.8) is 0 Å². The van der Waals surface area contributed by atoms with Crippen molar-refractivity contribution in [2.45, 2.75) is 46.2 Å². The first-order chi connectivity index (χ1) is 12.9. The van der Waals surface area contributed by atoms with E-state index in [-0.39, 0.29) is 24.1 Å². The molecule has 2 aromatic carbocycles. The number of amides is 2. The highest BCUT2D eigenvalue weighted by Crippen LogP contribution is 2.14. The van der Waals surface area contributed by atoms with Crippen LogP contribution in [0.2, 0.25) is 0 Å². The molecule has 0 heterocycles. The predicted octanol–water partition coefficient (Wildman–Crippen LogP) is 3.62. The minimum absolute atomic E-state index is 0.123. The lowest BCUT2D eigenvalue weighted by Crippen LogP contribution is -2.48. The number of rotatable bonds is 8. The normalized spacial score (nSPS) is 11.7. The highest BCUT2D eigenvalue weighted by atomic mass is 19.1. The average molecular weight is 370 g/mol. The monoisotopic (exact) mass is 370 g/mol. The summed E-state index contributed by atoms with van der Waals surface area (Å²) < 4.78 is 13.1. The van der Waals surface area contributed by atoms with E-state index >= 15 is 0 Å². The molecule has 4 nitrogen and oxygen atoms in total. The summed E-state index contributed by atoms with van der Waals surface area (Å²) in [7, 11) is 0. The highest BCUT2D eigenvalue weighted by Gasteiger charge is 2.26. The second-order valence-electron chi connectivity index (χ2n) is 6.78. The number of halogens is 1. The van der Waals surface area contributed by atoms with Crippen molar-refractivity contribution in [3.05, 3.63) is 71.0 Å². The summed E-state index contributed by atoms with van der Waals surface area (Å²) in [6.45, 7) is 6.65. The van der Waals surface area contributed by atoms with Crippen LogP contribution in [0.25, 0.3) is 0 Å². The molecule has 2 aromatic rings. The van der Waals surface area contributed by atoms with Crippen molar-refractivity contribution in [1.29, 1.82) is 0 Å². The second-order valence-corrected chi connectivity index (χ2v) is 6.78. The molecule has 0 aliphatic carbocycles. The molecule has 144 valence electrons. The third kappa shape index (κ3) is 6.20. The summed E-state index contributed by atoms with van der Waals surface area (Å²) in [5, 5.41) is 2.85. The van der Waals surface area contributed by atoms with Crippen LogP contribution in [0.4, 0.5) is 4.39 Å². The van der Waals surface area contributed by atoms with E-state index in [4.69, 9.17) is 0 Å². The minimum Gasteiger partial charge on any atom is -0.354 e. The van der Waals surface area contributed by atoms with Gasteiger partial charge in [-0.15, -0.1) is 0 Å². The largest absolute Gasteiger partial charge is 0.354 e. The van der Waals surface area contributed by atoms with Crippen molar-refractivity contribution < 1.29 is 14.0 Å². The molecule has 0 unspecified atom stereocenters. The summed E-state index contributed by atoms with van der Waals surface area (Å²) in [5.74, 6) is -0.673. The van der Waals surface area contributed by atoms with Gasteiger partial charge in [-0.25, -0.2) is 4.39 Å². The van der Waals surface area contributed by atoms with Gasteiger partial charge >= 0.3 is 0 Å². The topological polar surface area (TPSA) is 49.4 Å². The Morgan fingerprint density at radius 3 is 2.22 bits per heavy atom. The summed E-state index contributed by atoms with van der Waals surface area (Å²) in [6, 6.07) is 13.2. The van der Waals surface area contributed by atoms with E-state index < -0.39 is 6.04 Å². The Bertz CT molecular complexity index is 757. The van der Waals surface area contributed by atoms with Gasteiger partial charge in [0.25, 0.3) is 0 Å². The van der Waals surface area contributed by atoms with Gasteiger partial charge in [-0.3, -0.25) is 9.59 Å². The Kier molecular flexibility index (Phi) is 7.53. The van der Waals surface area contributed by atoms with E-state index in [1.54, 1.807) is 24.0 Å². The van der Waals surface area contributed by atoms with E-state index in [9.17, 15) is 14.0 Å². The first kappa shape index (κ1) is 20.6. The minimum atomic E-state index is -0.592. The highest BCUT2D eigenvalue weighted by molar-refractivity contribution is 5.88. The molecule has 0 saturated carbocycles. The molecule has 27 heavy (non-hydrogen) atoms. The number of nitrogens with zero attached hydrogens (tertiary/aromatic N) is 1. The molecule has 1 N–H and O–H groups in total. The zero-order valence-corrected chi connectivity index (χ0v) is 16.2. The van der Waals surface area contributed by atoms with Crippen LogP contribution in [0.5, 0.6) is 0 Å². The summed E-state index contributed by atoms with van der Waals surface area (Å²) in [6.07, 6.45) is 0.956. The third-order valence-corrected chi connectivity index (χ3v) is 4.46. The van der Waals surface area contributed by atoms with Gasteiger partial charge in [-0.05, 0) is 43.5 Å². The Balaban J connectivity index is 2.18. The number of carbonyl (C=O) groups excluding carboxylic acids is 2. The van der Waals surface area contributed by atoms with Crippen molar-refractivity contribution in [1.82, 2.24) is 10.2 Å². The standard InChI is InChI=1S/C22H27FN2O2/c1-4-13-24-22(27)17(3)25(15-19-7-5-16(2)6-8-19)21(26)14-18-9-11-20(23)12-10-18/h5-12,17H,4,13-15H2,1-3H3,(H,24,27)/t17-/m0/s1. The van der Waals surface area contributed by atoms with Gasteiger partial charge in [0, 0.05) is 13.1 Å². The number of hydrogen-bond acceptors (Lipinski definition) is 2. The lowest BCUT2D eigenvalue weighted by atomic mass is 10.1. The van der Waals surface area contributed by atoms with Crippen LogP contribution >= 0.6 is 0 Å². The maximum absolute atomic E-state index is 13.1. The smallest absolute Gasteiger partial charge is 0.242 e. The van der Waals surface area contributed by atoms with Crippen LogP contribution in [0.1, 0.15) is 37.0 Å². The van der Waals surface area contributed by atoms with E-state index in [0.29, 0.717) is 13.1 Å². The van der Waals surface area contributed by atoms with Crippen LogP contribution in [-0.4, -0.2) is 29.3 Å². The molecule has 0 aliphatic heterocycles. The summed E-state index contributed by atoms with van der Waals surface area (Å²) in [4.78, 5) is 27.0. The van der Waals surface area contributed by atoms with Gasteiger partial charge in [0.2, 0.25) is 11.8 Å². The van der Waals surface area contributed by atoms with Crippen LogP contribution in [0, 0.1) is 12.7 Å². The van der Waals surface area contributed by atoms with Crippen molar-refractivity contribution in [2.24, 2.45) is 0 Å². The van der Waals surface area contributed by atoms with Crippen LogP contribution in [0.15, 0.2) is 48.5 Å². The van der Waals surface area contributed by atoms with E-state index in [1.165, 1.54) is 12.1 Å². The van der Waals surface area contributed by atoms with Gasteiger partial charge in [0.05, 0.1) is 6.42 Å². The van der Waals surface area contributed by atoms with E-state index in [1.807, 2.05) is 38.1 Å². The number of carbonyl (C=O) groups is 2. The molecule has 0 saturated heterocycles. The number of nitrogens with one attached hydrogen (secondary N) is 1. The van der Waals surface area contributed by atoms with Crippen LogP contribution in [-0.2, 0) is 22.6 Å². The first-order valence-corrected chi connectivity index (χ1v) is 9.28. The van der Waals surface area contributed by atoms with Gasteiger partial charge in [-0.2, -0.15) is 0 Å². The predicted molar refractivity (Wildman–Crippen MR) is 105 cm³/mol. The second kappa shape index (κ2) is 9.86. The zero-order chi connectivity index (χ0) is 19.8. The fourth-order valence-electron chi connectivity index (χ4n) is 2.75. The van der Waals surface area contributed by atoms with Gasteiger partial charge in [0.1, 0.15) is 11.9 Å². The summed E-state index contributed by atoms with van der Waals surface area (Å²) in [5.41, 5.74) is 2.82. The maximum Gasteiger partial charge on any atom is 0.242 e. The Morgan fingerprint density at radius 1 is 1.04 bits per heavy atom. The molecule has 0 radical (unpaired) electrons. The van der Waals surface area contributed by atoms with Crippen molar-refractivity contribution >= 4 is 11.8 Å². The van der Waals surface area contributed by atoms with Crippen LogP contribution in [0.3, 0.4) is 0 Å². The Morgan fingerprint density at radius 2 is 1.63 bits per heavy atom. The fourth-order valence-corrected chi connectivity index (χ4v) is 2.75. The lowest BCUT2D eigenvalue weighted by molar-refractivity contribution is -0.140. The number of hydrogen-bond donors (Lipinski definition) is 1. The SMILES string of the molecule is CCCNC(=O)[C@H](C)N(Cc1ccc(C)cc1)C(=O)Cc1ccc(F)cc1.